The van der Waals surface area contributed by atoms with Crippen molar-refractivity contribution < 1.29 is 17.2 Å². The van der Waals surface area contributed by atoms with Crippen LogP contribution in [-0.4, -0.2) is 33.7 Å². The number of nitrogens with zero attached hydrogens (tertiary/aromatic N) is 1. The quantitative estimate of drug-likeness (QED) is 0.287. The number of benzene rings is 2. The Morgan fingerprint density at radius 1 is 1.17 bits per heavy atom. The molecule has 0 aliphatic carbocycles. The molecule has 6 nitrogen and oxygen atoms in total. The monoisotopic (exact) mass is 531 g/mol. The van der Waals surface area contributed by atoms with E-state index in [9.17, 15) is 12.8 Å². The fourth-order valence-corrected chi connectivity index (χ4v) is 4.04. The molecule has 0 aliphatic heterocycles. The zero-order valence-electron chi connectivity index (χ0n) is 16.1. The van der Waals surface area contributed by atoms with Crippen LogP contribution >= 0.6 is 24.0 Å². The summed E-state index contributed by atoms with van der Waals surface area (Å²) in [6, 6.07) is 14.8. The maximum atomic E-state index is 13.7. The molecule has 0 radical (unpaired) electrons. The molecule has 1 aromatic heterocycles. The van der Waals surface area contributed by atoms with E-state index in [1.54, 1.807) is 7.05 Å². The molecule has 1 atom stereocenters. The summed E-state index contributed by atoms with van der Waals surface area (Å²) in [5.74, 6) is 0.163. The zero-order valence-corrected chi connectivity index (χ0v) is 19.2. The third-order valence-electron chi connectivity index (χ3n) is 4.28. The van der Waals surface area contributed by atoms with Gasteiger partial charge in [0.15, 0.2) is 15.8 Å². The standard InChI is InChI=1S/C20H22FN3O3S.HI/c1-14(18-13-15-7-3-5-9-17(15)27-18)24-20(22-2)23-11-12-28(25,26)19-10-6-4-8-16(19)21;/h3-10,13-14H,11-12H2,1-2H3,(H2,22,23,24);1H. The zero-order chi connectivity index (χ0) is 20.1. The molecule has 0 amide bonds. The molecule has 2 N–H and O–H groups in total. The predicted octanol–water partition coefficient (Wildman–Crippen LogP) is 3.89. The molecule has 0 spiro atoms. The third kappa shape index (κ3) is 5.69. The van der Waals surface area contributed by atoms with E-state index in [0.717, 1.165) is 22.8 Å². The van der Waals surface area contributed by atoms with E-state index < -0.39 is 15.7 Å². The fourth-order valence-electron chi connectivity index (χ4n) is 2.80. The topological polar surface area (TPSA) is 83.7 Å². The summed E-state index contributed by atoms with van der Waals surface area (Å²) >= 11 is 0. The molecule has 0 bridgehead atoms. The lowest BCUT2D eigenvalue weighted by Crippen LogP contribution is -2.40. The Bertz CT molecular complexity index is 1070. The Morgan fingerprint density at radius 3 is 2.55 bits per heavy atom. The van der Waals surface area contributed by atoms with Crippen LogP contribution in [0.3, 0.4) is 0 Å². The number of aliphatic imine (C=N–C) groups is 1. The summed E-state index contributed by atoms with van der Waals surface area (Å²) in [6.07, 6.45) is 0. The van der Waals surface area contributed by atoms with Gasteiger partial charge in [0.05, 0.1) is 11.8 Å². The highest BCUT2D eigenvalue weighted by atomic mass is 127. The van der Waals surface area contributed by atoms with Crippen molar-refractivity contribution in [2.45, 2.75) is 17.9 Å². The molecule has 0 aliphatic rings. The molecule has 3 aromatic rings. The van der Waals surface area contributed by atoms with Gasteiger partial charge in [-0.1, -0.05) is 30.3 Å². The van der Waals surface area contributed by atoms with E-state index in [0.29, 0.717) is 5.96 Å². The molecule has 29 heavy (non-hydrogen) atoms. The lowest BCUT2D eigenvalue weighted by atomic mass is 10.2. The van der Waals surface area contributed by atoms with Crippen molar-refractivity contribution in [2.24, 2.45) is 4.99 Å². The van der Waals surface area contributed by atoms with Gasteiger partial charge < -0.3 is 15.1 Å². The molecule has 0 saturated carbocycles. The SMILES string of the molecule is CN=C(NCCS(=O)(=O)c1ccccc1F)NC(C)c1cc2ccccc2o1.I. The number of nitrogens with one attached hydrogen (secondary N) is 2. The van der Waals surface area contributed by atoms with Crippen molar-refractivity contribution in [1.82, 2.24) is 10.6 Å². The van der Waals surface area contributed by atoms with Crippen LogP contribution in [0.25, 0.3) is 11.0 Å². The third-order valence-corrected chi connectivity index (χ3v) is 6.03. The molecule has 156 valence electrons. The largest absolute Gasteiger partial charge is 0.459 e. The van der Waals surface area contributed by atoms with Crippen LogP contribution in [0.4, 0.5) is 4.39 Å². The van der Waals surface area contributed by atoms with Gasteiger partial charge in [-0.05, 0) is 31.2 Å². The van der Waals surface area contributed by atoms with E-state index in [-0.39, 0.29) is 47.2 Å². The van der Waals surface area contributed by atoms with E-state index in [1.807, 2.05) is 37.3 Å². The smallest absolute Gasteiger partial charge is 0.191 e. The van der Waals surface area contributed by atoms with Crippen molar-refractivity contribution in [2.75, 3.05) is 19.3 Å². The first kappa shape index (κ1) is 23.1. The van der Waals surface area contributed by atoms with Gasteiger partial charge >= 0.3 is 0 Å². The Labute approximate surface area is 186 Å². The van der Waals surface area contributed by atoms with E-state index in [1.165, 1.54) is 18.2 Å². The molecule has 1 unspecified atom stereocenters. The highest BCUT2D eigenvalue weighted by Crippen LogP contribution is 2.23. The van der Waals surface area contributed by atoms with Crippen LogP contribution in [0, 0.1) is 5.82 Å². The number of fused-ring (bicyclic) bond motifs is 1. The van der Waals surface area contributed by atoms with Gasteiger partial charge in [0.25, 0.3) is 0 Å². The van der Waals surface area contributed by atoms with Crippen LogP contribution in [0.5, 0.6) is 0 Å². The minimum atomic E-state index is -3.73. The fraction of sp³-hybridized carbons (Fsp3) is 0.250. The van der Waals surface area contributed by atoms with Crippen molar-refractivity contribution in [3.05, 3.63) is 66.2 Å². The van der Waals surface area contributed by atoms with Gasteiger partial charge in [0, 0.05) is 19.0 Å². The van der Waals surface area contributed by atoms with Crippen LogP contribution < -0.4 is 10.6 Å². The number of rotatable bonds is 6. The predicted molar refractivity (Wildman–Crippen MR) is 123 cm³/mol. The Kier molecular flexibility index (Phi) is 8.03. The molecule has 2 aromatic carbocycles. The van der Waals surface area contributed by atoms with Crippen LogP contribution in [-0.2, 0) is 9.84 Å². The summed E-state index contributed by atoms with van der Waals surface area (Å²) < 4.78 is 44.2. The Hall–Kier alpha value is -2.14. The minimum absolute atomic E-state index is 0. The molecule has 1 heterocycles. The normalized spacial score (nSPS) is 13.0. The molecular formula is C20H23FIN3O3S. The van der Waals surface area contributed by atoms with Gasteiger partial charge in [-0.3, -0.25) is 4.99 Å². The molecule has 0 fully saturated rings. The Morgan fingerprint density at radius 2 is 1.86 bits per heavy atom. The highest BCUT2D eigenvalue weighted by molar-refractivity contribution is 14.0. The first-order valence-corrected chi connectivity index (χ1v) is 10.5. The second-order valence-corrected chi connectivity index (χ2v) is 8.38. The first-order chi connectivity index (χ1) is 13.4. The summed E-state index contributed by atoms with van der Waals surface area (Å²) in [4.78, 5) is 3.81. The average molecular weight is 531 g/mol. The van der Waals surface area contributed by atoms with Crippen LogP contribution in [0.15, 0.2) is 68.9 Å². The lowest BCUT2D eigenvalue weighted by molar-refractivity contribution is 0.488. The lowest BCUT2D eigenvalue weighted by Gasteiger charge is -2.16. The molecule has 9 heteroatoms. The van der Waals surface area contributed by atoms with Crippen molar-refractivity contribution >= 4 is 50.7 Å². The van der Waals surface area contributed by atoms with Crippen molar-refractivity contribution in [3.63, 3.8) is 0 Å². The maximum absolute atomic E-state index is 13.7. The van der Waals surface area contributed by atoms with Gasteiger partial charge in [-0.15, -0.1) is 24.0 Å². The number of guanidine groups is 1. The second kappa shape index (κ2) is 10.1. The van der Waals surface area contributed by atoms with E-state index in [4.69, 9.17) is 4.42 Å². The average Bonchev–Trinajstić information content (AvgIpc) is 3.11. The van der Waals surface area contributed by atoms with Gasteiger partial charge in [-0.2, -0.15) is 0 Å². The van der Waals surface area contributed by atoms with E-state index >= 15 is 0 Å². The highest BCUT2D eigenvalue weighted by Gasteiger charge is 2.19. The summed E-state index contributed by atoms with van der Waals surface area (Å²) in [6.45, 7) is 2.00. The van der Waals surface area contributed by atoms with Gasteiger partial charge in [0.1, 0.15) is 22.1 Å². The summed E-state index contributed by atoms with van der Waals surface area (Å²) in [5, 5.41) is 7.11. The summed E-state index contributed by atoms with van der Waals surface area (Å²) in [5.41, 5.74) is 0.796. The molecular weight excluding hydrogens is 508 g/mol. The minimum Gasteiger partial charge on any atom is -0.459 e. The van der Waals surface area contributed by atoms with Crippen molar-refractivity contribution in [1.29, 1.82) is 0 Å². The van der Waals surface area contributed by atoms with E-state index in [2.05, 4.69) is 15.6 Å². The number of hydrogen-bond acceptors (Lipinski definition) is 4. The second-order valence-electron chi connectivity index (χ2n) is 6.30. The van der Waals surface area contributed by atoms with Gasteiger partial charge in [0.2, 0.25) is 0 Å². The molecule has 3 rings (SSSR count). The van der Waals surface area contributed by atoms with Crippen LogP contribution in [0.2, 0.25) is 0 Å². The molecule has 0 saturated heterocycles. The van der Waals surface area contributed by atoms with Crippen molar-refractivity contribution in [3.8, 4) is 0 Å². The Balaban J connectivity index is 0.00000300. The maximum Gasteiger partial charge on any atom is 0.191 e. The van der Waals surface area contributed by atoms with Crippen LogP contribution in [0.1, 0.15) is 18.7 Å². The number of furan rings is 1. The number of sulfone groups is 1. The number of halogens is 2. The summed E-state index contributed by atoms with van der Waals surface area (Å²) in [7, 11) is -2.14. The number of hydrogen-bond donors (Lipinski definition) is 2. The first-order valence-electron chi connectivity index (χ1n) is 8.83. The number of para-hydroxylation sites is 1. The van der Waals surface area contributed by atoms with Gasteiger partial charge in [-0.25, -0.2) is 12.8 Å².